The number of alkyl halides is 1. The summed E-state index contributed by atoms with van der Waals surface area (Å²) in [5.74, 6) is -0.696. The molecule has 0 aliphatic rings. The Balaban J connectivity index is 4.59. The van der Waals surface area contributed by atoms with E-state index in [2.05, 4.69) is 15.9 Å². The third-order valence-electron chi connectivity index (χ3n) is 2.06. The fourth-order valence-electron chi connectivity index (χ4n) is 1.65. The van der Waals surface area contributed by atoms with Gasteiger partial charge in [-0.05, 0) is 41.5 Å². The van der Waals surface area contributed by atoms with Crippen LogP contribution in [0.1, 0.15) is 48.5 Å². The molecule has 0 heterocycles. The van der Waals surface area contributed by atoms with E-state index < -0.39 is 11.2 Å². The molecule has 0 saturated carbocycles. The smallest absolute Gasteiger partial charge is 0.320 e. The third kappa shape index (κ3) is 12.8. The van der Waals surface area contributed by atoms with Crippen LogP contribution < -0.4 is 0 Å². The molecule has 0 aromatic rings. The number of hydrogen-bond donors (Lipinski definition) is 0. The van der Waals surface area contributed by atoms with E-state index in [1.54, 1.807) is 4.90 Å². The quantitative estimate of drug-likeness (QED) is 0.535. The number of nitrogens with zero attached hydrogens (tertiary/aromatic N) is 1. The van der Waals surface area contributed by atoms with E-state index in [-0.39, 0.29) is 29.9 Å². The van der Waals surface area contributed by atoms with Gasteiger partial charge in [0.2, 0.25) is 0 Å². The molecule has 0 amide bonds. The number of ether oxygens (including phenoxy) is 2. The minimum absolute atomic E-state index is 0.0620. The molecule has 0 aromatic heterocycles. The second kappa shape index (κ2) is 8.13. The Morgan fingerprint density at radius 3 is 1.52 bits per heavy atom. The zero-order valence-corrected chi connectivity index (χ0v) is 15.7. The highest BCUT2D eigenvalue weighted by molar-refractivity contribution is 9.09. The normalized spacial score (nSPS) is 14.0. The molecule has 0 spiro atoms. The van der Waals surface area contributed by atoms with Gasteiger partial charge in [0.05, 0.1) is 13.1 Å². The van der Waals surface area contributed by atoms with Gasteiger partial charge in [-0.2, -0.15) is 0 Å². The summed E-state index contributed by atoms with van der Waals surface area (Å²) >= 11 is 3.43. The lowest BCUT2D eigenvalue weighted by Gasteiger charge is -2.26. The summed E-state index contributed by atoms with van der Waals surface area (Å²) in [5, 5.41) is 0. The van der Waals surface area contributed by atoms with Crippen LogP contribution in [0, 0.1) is 0 Å². The Morgan fingerprint density at radius 1 is 0.952 bits per heavy atom. The monoisotopic (exact) mass is 365 g/mol. The van der Waals surface area contributed by atoms with Gasteiger partial charge < -0.3 is 9.47 Å². The maximum absolute atomic E-state index is 11.9. The van der Waals surface area contributed by atoms with Gasteiger partial charge in [0.25, 0.3) is 0 Å². The minimum atomic E-state index is -0.533. The molecule has 1 atom stereocenters. The SMILES string of the molecule is CC(Br)CN(CC(=O)OC(C)(C)C)CC(=O)OC(C)(C)C. The third-order valence-corrected chi connectivity index (χ3v) is 2.34. The van der Waals surface area contributed by atoms with E-state index in [0.717, 1.165) is 0 Å². The van der Waals surface area contributed by atoms with Crippen molar-refractivity contribution >= 4 is 27.9 Å². The summed E-state index contributed by atoms with van der Waals surface area (Å²) in [5.41, 5.74) is -1.07. The van der Waals surface area contributed by atoms with Crippen molar-refractivity contribution in [2.45, 2.75) is 64.5 Å². The van der Waals surface area contributed by atoms with Crippen molar-refractivity contribution in [1.82, 2.24) is 4.90 Å². The maximum atomic E-state index is 11.9. The summed E-state index contributed by atoms with van der Waals surface area (Å²) in [6.07, 6.45) is 0. The van der Waals surface area contributed by atoms with Gasteiger partial charge in [-0.1, -0.05) is 22.9 Å². The highest BCUT2D eigenvalue weighted by atomic mass is 79.9. The molecule has 21 heavy (non-hydrogen) atoms. The van der Waals surface area contributed by atoms with Crippen LogP contribution in [-0.4, -0.2) is 52.5 Å². The molecular formula is C15H28BrNO4. The second-order valence-electron chi connectivity index (χ2n) is 7.12. The fraction of sp³-hybridized carbons (Fsp3) is 0.867. The molecule has 5 nitrogen and oxygen atoms in total. The molecule has 0 N–H and O–H groups in total. The molecule has 0 fully saturated rings. The van der Waals surface area contributed by atoms with Gasteiger partial charge in [0.1, 0.15) is 11.2 Å². The second-order valence-corrected chi connectivity index (χ2v) is 8.69. The average Bonchev–Trinajstić information content (AvgIpc) is 2.07. The minimum Gasteiger partial charge on any atom is -0.459 e. The molecule has 0 rings (SSSR count). The summed E-state index contributed by atoms with van der Waals surface area (Å²) in [6, 6.07) is 0. The molecular weight excluding hydrogens is 338 g/mol. The van der Waals surface area contributed by atoms with Gasteiger partial charge in [0.15, 0.2) is 0 Å². The van der Waals surface area contributed by atoms with Crippen molar-refractivity contribution < 1.29 is 19.1 Å². The lowest BCUT2D eigenvalue weighted by atomic mass is 10.2. The number of hydrogen-bond acceptors (Lipinski definition) is 5. The molecule has 0 saturated heterocycles. The van der Waals surface area contributed by atoms with Crippen molar-refractivity contribution in [2.75, 3.05) is 19.6 Å². The highest BCUT2D eigenvalue weighted by Gasteiger charge is 2.23. The molecule has 124 valence electrons. The van der Waals surface area contributed by atoms with Gasteiger partial charge in [-0.15, -0.1) is 0 Å². The maximum Gasteiger partial charge on any atom is 0.320 e. The molecule has 0 aliphatic carbocycles. The predicted molar refractivity (Wildman–Crippen MR) is 86.5 cm³/mol. The van der Waals surface area contributed by atoms with Crippen molar-refractivity contribution in [2.24, 2.45) is 0 Å². The summed E-state index contributed by atoms with van der Waals surface area (Å²) < 4.78 is 10.6. The van der Waals surface area contributed by atoms with Gasteiger partial charge in [-0.3, -0.25) is 14.5 Å². The van der Waals surface area contributed by atoms with Crippen LogP contribution in [0.3, 0.4) is 0 Å². The topological polar surface area (TPSA) is 55.8 Å². The highest BCUT2D eigenvalue weighted by Crippen LogP contribution is 2.11. The van der Waals surface area contributed by atoms with Crippen LogP contribution >= 0.6 is 15.9 Å². The average molecular weight is 366 g/mol. The Bertz CT molecular complexity index is 326. The molecule has 0 aromatic carbocycles. The Labute approximate surface area is 136 Å². The molecule has 0 aliphatic heterocycles. The largest absolute Gasteiger partial charge is 0.459 e. The van der Waals surface area contributed by atoms with Gasteiger partial charge >= 0.3 is 11.9 Å². The first kappa shape index (κ1) is 20.4. The van der Waals surface area contributed by atoms with E-state index in [9.17, 15) is 9.59 Å². The molecule has 0 radical (unpaired) electrons. The first-order valence-electron chi connectivity index (χ1n) is 7.08. The van der Waals surface area contributed by atoms with Gasteiger partial charge in [0, 0.05) is 11.4 Å². The Kier molecular flexibility index (Phi) is 7.89. The molecule has 0 bridgehead atoms. The number of halogens is 1. The van der Waals surface area contributed by atoms with Crippen LogP contribution in [0.25, 0.3) is 0 Å². The standard InChI is InChI=1S/C15H28BrNO4/c1-11(16)8-17(9-12(18)20-14(2,3)4)10-13(19)21-15(5,6)7/h11H,8-10H2,1-7H3. The van der Waals surface area contributed by atoms with E-state index in [1.165, 1.54) is 0 Å². The lowest BCUT2D eigenvalue weighted by Crippen LogP contribution is -2.41. The molecule has 1 unspecified atom stereocenters. The van der Waals surface area contributed by atoms with E-state index >= 15 is 0 Å². The fourth-order valence-corrected chi connectivity index (χ4v) is 2.06. The van der Waals surface area contributed by atoms with Crippen molar-refractivity contribution in [3.63, 3.8) is 0 Å². The summed E-state index contributed by atoms with van der Waals surface area (Å²) in [4.78, 5) is 25.7. The van der Waals surface area contributed by atoms with Crippen LogP contribution in [0.4, 0.5) is 0 Å². The van der Waals surface area contributed by atoms with Crippen LogP contribution in [-0.2, 0) is 19.1 Å². The first-order valence-corrected chi connectivity index (χ1v) is 8.00. The number of carbonyl (C=O) groups excluding carboxylic acids is 2. The Morgan fingerprint density at radius 2 is 1.29 bits per heavy atom. The predicted octanol–water partition coefficient (Wildman–Crippen LogP) is 2.76. The molecule has 6 heteroatoms. The number of esters is 2. The van der Waals surface area contributed by atoms with E-state index in [4.69, 9.17) is 9.47 Å². The van der Waals surface area contributed by atoms with Crippen LogP contribution in [0.15, 0.2) is 0 Å². The van der Waals surface area contributed by atoms with Crippen molar-refractivity contribution in [3.05, 3.63) is 0 Å². The summed E-state index contributed by atoms with van der Waals surface area (Å²) in [6.45, 7) is 13.5. The van der Waals surface area contributed by atoms with E-state index in [0.29, 0.717) is 6.54 Å². The lowest BCUT2D eigenvalue weighted by molar-refractivity contribution is -0.159. The van der Waals surface area contributed by atoms with E-state index in [1.807, 2.05) is 48.5 Å². The zero-order chi connectivity index (χ0) is 16.8. The summed E-state index contributed by atoms with van der Waals surface area (Å²) in [7, 11) is 0. The first-order chi connectivity index (χ1) is 9.28. The number of rotatable bonds is 6. The zero-order valence-electron chi connectivity index (χ0n) is 14.2. The van der Waals surface area contributed by atoms with Crippen LogP contribution in [0.2, 0.25) is 0 Å². The van der Waals surface area contributed by atoms with Crippen LogP contribution in [0.5, 0.6) is 0 Å². The van der Waals surface area contributed by atoms with Crippen molar-refractivity contribution in [3.8, 4) is 0 Å². The number of carbonyl (C=O) groups is 2. The van der Waals surface area contributed by atoms with Crippen molar-refractivity contribution in [1.29, 1.82) is 0 Å². The Hall–Kier alpha value is -0.620. The van der Waals surface area contributed by atoms with Gasteiger partial charge in [-0.25, -0.2) is 0 Å².